The van der Waals surface area contributed by atoms with Crippen LogP contribution < -0.4 is 5.73 Å². The quantitative estimate of drug-likeness (QED) is 0.761. The maximum Gasteiger partial charge on any atom is 0.137 e. The molecule has 0 aromatic heterocycles. The van der Waals surface area contributed by atoms with Gasteiger partial charge in [0.15, 0.2) is 0 Å². The zero-order valence-electron chi connectivity index (χ0n) is 8.22. The number of halogens is 1. The van der Waals surface area contributed by atoms with E-state index in [1.165, 1.54) is 11.8 Å². The molecule has 0 heterocycles. The lowest BCUT2D eigenvalue weighted by Crippen LogP contribution is -2.43. The number of thioether (sulfide) groups is 1. The molecule has 1 aliphatic carbocycles. The molecule has 0 bridgehead atoms. The van der Waals surface area contributed by atoms with Gasteiger partial charge in [0, 0.05) is 10.4 Å². The van der Waals surface area contributed by atoms with Crippen LogP contribution in [0.5, 0.6) is 0 Å². The van der Waals surface area contributed by atoms with E-state index in [4.69, 9.17) is 5.73 Å². The Labute approximate surface area is 87.9 Å². The number of rotatable bonds is 2. The van der Waals surface area contributed by atoms with E-state index in [-0.39, 0.29) is 11.4 Å². The fourth-order valence-corrected chi connectivity index (χ4v) is 2.28. The van der Waals surface area contributed by atoms with Gasteiger partial charge in [-0.15, -0.1) is 11.8 Å². The third-order valence-electron chi connectivity index (χ3n) is 2.97. The molecule has 0 amide bonds. The minimum absolute atomic E-state index is 0.147. The van der Waals surface area contributed by atoms with Crippen molar-refractivity contribution in [3.63, 3.8) is 0 Å². The van der Waals surface area contributed by atoms with Crippen LogP contribution in [0.25, 0.3) is 0 Å². The molecule has 1 aromatic rings. The fourth-order valence-electron chi connectivity index (χ4n) is 1.82. The molecule has 3 heteroatoms. The molecule has 0 aliphatic heterocycles. The number of nitrogens with two attached hydrogens (primary N) is 1. The Bertz CT molecular complexity index is 347. The van der Waals surface area contributed by atoms with E-state index in [1.807, 2.05) is 18.4 Å². The SMILES string of the molecule is CSc1ccc(C2(N)CCC2)cc1F. The van der Waals surface area contributed by atoms with Gasteiger partial charge in [0.25, 0.3) is 0 Å². The zero-order valence-corrected chi connectivity index (χ0v) is 9.03. The molecule has 1 aliphatic rings. The molecule has 14 heavy (non-hydrogen) atoms. The largest absolute Gasteiger partial charge is 0.321 e. The van der Waals surface area contributed by atoms with Gasteiger partial charge < -0.3 is 5.73 Å². The van der Waals surface area contributed by atoms with Gasteiger partial charge in [0.1, 0.15) is 5.82 Å². The van der Waals surface area contributed by atoms with Crippen molar-refractivity contribution < 1.29 is 4.39 Å². The summed E-state index contributed by atoms with van der Waals surface area (Å²) in [5, 5.41) is 0. The van der Waals surface area contributed by atoms with Gasteiger partial charge in [0.05, 0.1) is 0 Å². The van der Waals surface area contributed by atoms with E-state index in [0.29, 0.717) is 4.90 Å². The van der Waals surface area contributed by atoms with Crippen molar-refractivity contribution >= 4 is 11.8 Å². The molecule has 0 saturated heterocycles. The summed E-state index contributed by atoms with van der Waals surface area (Å²) in [5.41, 5.74) is 6.80. The second-order valence-electron chi connectivity index (χ2n) is 3.86. The Hall–Kier alpha value is -0.540. The summed E-state index contributed by atoms with van der Waals surface area (Å²) in [6.45, 7) is 0. The first-order valence-electron chi connectivity index (χ1n) is 4.79. The zero-order chi connectivity index (χ0) is 10.2. The van der Waals surface area contributed by atoms with Crippen molar-refractivity contribution in [2.45, 2.75) is 29.7 Å². The topological polar surface area (TPSA) is 26.0 Å². The standard InChI is InChI=1S/C11H14FNS/c1-14-10-4-3-8(7-9(10)12)11(13)5-2-6-11/h3-4,7H,2,5-6,13H2,1H3. The lowest BCUT2D eigenvalue weighted by Gasteiger charge is -2.38. The van der Waals surface area contributed by atoms with Gasteiger partial charge in [-0.1, -0.05) is 6.07 Å². The molecular weight excluding hydrogens is 197 g/mol. The first kappa shape index (κ1) is 9.99. The molecule has 2 rings (SSSR count). The predicted molar refractivity (Wildman–Crippen MR) is 57.9 cm³/mol. The molecule has 0 unspecified atom stereocenters. The summed E-state index contributed by atoms with van der Waals surface area (Å²) < 4.78 is 13.5. The lowest BCUT2D eigenvalue weighted by atomic mass is 9.73. The van der Waals surface area contributed by atoms with Crippen LogP contribution in [0.15, 0.2) is 23.1 Å². The molecule has 1 fully saturated rings. The first-order valence-corrected chi connectivity index (χ1v) is 6.01. The summed E-state index contributed by atoms with van der Waals surface area (Å²) in [6, 6.07) is 5.36. The molecule has 0 atom stereocenters. The Morgan fingerprint density at radius 3 is 2.57 bits per heavy atom. The molecule has 2 N–H and O–H groups in total. The molecule has 1 saturated carbocycles. The fraction of sp³-hybridized carbons (Fsp3) is 0.455. The number of hydrogen-bond donors (Lipinski definition) is 1. The van der Waals surface area contributed by atoms with Crippen LogP contribution in [-0.2, 0) is 5.54 Å². The first-order chi connectivity index (χ1) is 6.65. The second-order valence-corrected chi connectivity index (χ2v) is 4.71. The molecule has 1 nitrogen and oxygen atoms in total. The van der Waals surface area contributed by atoms with Crippen LogP contribution in [0.4, 0.5) is 4.39 Å². The third kappa shape index (κ3) is 1.55. The van der Waals surface area contributed by atoms with Crippen LogP contribution in [0.3, 0.4) is 0 Å². The smallest absolute Gasteiger partial charge is 0.137 e. The van der Waals surface area contributed by atoms with Crippen molar-refractivity contribution in [3.05, 3.63) is 29.6 Å². The van der Waals surface area contributed by atoms with Crippen molar-refractivity contribution in [2.24, 2.45) is 5.73 Å². The van der Waals surface area contributed by atoms with Gasteiger partial charge in [0.2, 0.25) is 0 Å². The van der Waals surface area contributed by atoms with Gasteiger partial charge in [-0.3, -0.25) is 0 Å². The highest BCUT2D eigenvalue weighted by Gasteiger charge is 2.34. The van der Waals surface area contributed by atoms with Crippen LogP contribution >= 0.6 is 11.8 Å². The molecule has 76 valence electrons. The van der Waals surface area contributed by atoms with Gasteiger partial charge in [-0.05, 0) is 43.2 Å². The van der Waals surface area contributed by atoms with Gasteiger partial charge >= 0.3 is 0 Å². The second kappa shape index (κ2) is 3.55. The Balaban J connectivity index is 2.32. The molecule has 1 aromatic carbocycles. The maximum absolute atomic E-state index is 13.5. The molecule has 0 spiro atoms. The Kier molecular flexibility index (Phi) is 2.54. The monoisotopic (exact) mass is 211 g/mol. The Morgan fingerprint density at radius 1 is 1.43 bits per heavy atom. The Morgan fingerprint density at radius 2 is 2.14 bits per heavy atom. The van der Waals surface area contributed by atoms with Crippen molar-refractivity contribution in [1.29, 1.82) is 0 Å². The predicted octanol–water partition coefficient (Wildman–Crippen LogP) is 2.89. The van der Waals surface area contributed by atoms with Gasteiger partial charge in [-0.2, -0.15) is 0 Å². The third-order valence-corrected chi connectivity index (χ3v) is 3.74. The minimum atomic E-state index is -0.252. The maximum atomic E-state index is 13.5. The molecular formula is C11H14FNS. The molecule has 0 radical (unpaired) electrons. The summed E-state index contributed by atoms with van der Waals surface area (Å²) in [4.78, 5) is 0.691. The highest BCUT2D eigenvalue weighted by Crippen LogP contribution is 2.39. The van der Waals surface area contributed by atoms with Crippen LogP contribution in [-0.4, -0.2) is 6.26 Å². The van der Waals surface area contributed by atoms with Crippen LogP contribution in [0, 0.1) is 5.82 Å². The number of benzene rings is 1. The van der Waals surface area contributed by atoms with Crippen molar-refractivity contribution in [2.75, 3.05) is 6.26 Å². The van der Waals surface area contributed by atoms with Crippen molar-refractivity contribution in [3.8, 4) is 0 Å². The summed E-state index contributed by atoms with van der Waals surface area (Å²) in [6.07, 6.45) is 4.98. The van der Waals surface area contributed by atoms with Crippen LogP contribution in [0.2, 0.25) is 0 Å². The minimum Gasteiger partial charge on any atom is -0.321 e. The van der Waals surface area contributed by atoms with Crippen LogP contribution in [0.1, 0.15) is 24.8 Å². The lowest BCUT2D eigenvalue weighted by molar-refractivity contribution is 0.252. The normalized spacial score (nSPS) is 19.1. The summed E-state index contributed by atoms with van der Waals surface area (Å²) >= 11 is 1.42. The average Bonchev–Trinajstić information content (AvgIpc) is 2.14. The summed E-state index contributed by atoms with van der Waals surface area (Å²) in [7, 11) is 0. The van der Waals surface area contributed by atoms with E-state index >= 15 is 0 Å². The van der Waals surface area contributed by atoms with Gasteiger partial charge in [-0.25, -0.2) is 4.39 Å². The number of hydrogen-bond acceptors (Lipinski definition) is 2. The van der Waals surface area contributed by atoms with E-state index < -0.39 is 0 Å². The van der Waals surface area contributed by atoms with Crippen molar-refractivity contribution in [1.82, 2.24) is 0 Å². The highest BCUT2D eigenvalue weighted by molar-refractivity contribution is 7.98. The van der Waals surface area contributed by atoms with E-state index in [2.05, 4.69) is 0 Å². The van der Waals surface area contributed by atoms with E-state index in [9.17, 15) is 4.39 Å². The highest BCUT2D eigenvalue weighted by atomic mass is 32.2. The summed E-state index contributed by atoms with van der Waals surface area (Å²) in [5.74, 6) is -0.147. The van der Waals surface area contributed by atoms with E-state index in [1.54, 1.807) is 6.07 Å². The van der Waals surface area contributed by atoms with E-state index in [0.717, 1.165) is 24.8 Å². The average molecular weight is 211 g/mol.